The Morgan fingerprint density at radius 3 is 2.77 bits per heavy atom. The fourth-order valence-corrected chi connectivity index (χ4v) is 2.84. The van der Waals surface area contributed by atoms with Crippen LogP contribution in [-0.4, -0.2) is 28.2 Å². The van der Waals surface area contributed by atoms with Crippen molar-refractivity contribution in [1.29, 1.82) is 0 Å². The Hall–Kier alpha value is -0.120. The van der Waals surface area contributed by atoms with Gasteiger partial charge in [0.25, 0.3) is 0 Å². The van der Waals surface area contributed by atoms with Crippen molar-refractivity contribution in [3.8, 4) is 0 Å². The van der Waals surface area contributed by atoms with Crippen molar-refractivity contribution in [2.75, 3.05) is 0 Å². The largest absolute Gasteiger partial charge is 0.390 e. The number of ether oxygens (including phenoxy) is 1. The molecule has 2 aliphatic rings. The number of hydrogen-bond acceptors (Lipinski definition) is 3. The lowest BCUT2D eigenvalue weighted by atomic mass is 9.72. The van der Waals surface area contributed by atoms with Crippen LogP contribution < -0.4 is 0 Å². The molecule has 0 aromatic rings. The van der Waals surface area contributed by atoms with E-state index >= 15 is 0 Å². The number of hydrogen-bond donors (Lipinski definition) is 2. The molecule has 0 amide bonds. The van der Waals surface area contributed by atoms with E-state index in [4.69, 9.17) is 4.74 Å². The first kappa shape index (κ1) is 9.44. The highest BCUT2D eigenvalue weighted by molar-refractivity contribution is 5.00. The lowest BCUT2D eigenvalue weighted by molar-refractivity contribution is -0.171. The zero-order valence-corrected chi connectivity index (χ0v) is 8.23. The molecule has 3 nitrogen and oxygen atoms in total. The van der Waals surface area contributed by atoms with Crippen LogP contribution in [0, 0.1) is 11.8 Å². The van der Waals surface area contributed by atoms with Gasteiger partial charge >= 0.3 is 0 Å². The van der Waals surface area contributed by atoms with E-state index in [-0.39, 0.29) is 5.92 Å². The van der Waals surface area contributed by atoms with E-state index in [2.05, 4.69) is 6.92 Å². The van der Waals surface area contributed by atoms with E-state index in [1.165, 1.54) is 0 Å². The number of rotatable bonds is 1. The summed E-state index contributed by atoms with van der Waals surface area (Å²) < 4.78 is 5.42. The third kappa shape index (κ3) is 1.30. The molecular weight excluding hydrogens is 168 g/mol. The van der Waals surface area contributed by atoms with Crippen LogP contribution in [0.25, 0.3) is 0 Å². The minimum Gasteiger partial charge on any atom is -0.390 e. The summed E-state index contributed by atoms with van der Waals surface area (Å²) in [5.74, 6) is 0.527. The predicted octanol–water partition coefficient (Wildman–Crippen LogP) is 0.891. The Balaban J connectivity index is 2.20. The first-order valence-corrected chi connectivity index (χ1v) is 5.11. The van der Waals surface area contributed by atoms with Crippen LogP contribution in [0.2, 0.25) is 0 Å². The van der Waals surface area contributed by atoms with Crippen molar-refractivity contribution in [3.05, 3.63) is 0 Å². The molecule has 1 aliphatic heterocycles. The molecule has 1 aliphatic carbocycles. The fourth-order valence-electron chi connectivity index (χ4n) is 2.84. The normalized spacial score (nSPS) is 55.4. The van der Waals surface area contributed by atoms with Gasteiger partial charge in [0.15, 0.2) is 6.29 Å². The summed E-state index contributed by atoms with van der Waals surface area (Å²) in [5.41, 5.74) is -0.497. The summed E-state index contributed by atoms with van der Waals surface area (Å²) in [6.07, 6.45) is 1.59. The number of fused-ring (bicyclic) bond motifs is 2. The maximum absolute atomic E-state index is 10.00. The van der Waals surface area contributed by atoms with Crippen LogP contribution in [0.4, 0.5) is 0 Å². The van der Waals surface area contributed by atoms with Crippen LogP contribution in [0.5, 0.6) is 0 Å². The SMILES string of the molecule is CCC1C[C@H]2CC(C)(OC2O)C1O. The molecule has 0 radical (unpaired) electrons. The van der Waals surface area contributed by atoms with Crippen molar-refractivity contribution in [1.82, 2.24) is 0 Å². The highest BCUT2D eigenvalue weighted by atomic mass is 16.6. The van der Waals surface area contributed by atoms with Crippen molar-refractivity contribution >= 4 is 0 Å². The van der Waals surface area contributed by atoms with Gasteiger partial charge in [0.2, 0.25) is 0 Å². The van der Waals surface area contributed by atoms with Crippen LogP contribution in [-0.2, 0) is 4.74 Å². The maximum atomic E-state index is 10.00. The second kappa shape index (κ2) is 2.94. The lowest BCUT2D eigenvalue weighted by Crippen LogP contribution is -2.46. The van der Waals surface area contributed by atoms with Crippen LogP contribution in [0.3, 0.4) is 0 Å². The summed E-state index contributed by atoms with van der Waals surface area (Å²) >= 11 is 0. The van der Waals surface area contributed by atoms with Gasteiger partial charge in [-0.15, -0.1) is 0 Å². The topological polar surface area (TPSA) is 49.7 Å². The van der Waals surface area contributed by atoms with E-state index < -0.39 is 18.0 Å². The third-order valence-corrected chi connectivity index (χ3v) is 3.66. The Kier molecular flexibility index (Phi) is 2.13. The van der Waals surface area contributed by atoms with E-state index in [1.54, 1.807) is 0 Å². The molecule has 4 unspecified atom stereocenters. The Labute approximate surface area is 78.7 Å². The molecule has 2 N–H and O–H groups in total. The monoisotopic (exact) mass is 186 g/mol. The summed E-state index contributed by atoms with van der Waals surface area (Å²) in [7, 11) is 0. The zero-order chi connectivity index (χ0) is 9.64. The van der Waals surface area contributed by atoms with Crippen molar-refractivity contribution in [2.45, 2.75) is 51.1 Å². The van der Waals surface area contributed by atoms with Gasteiger partial charge < -0.3 is 14.9 Å². The summed E-state index contributed by atoms with van der Waals surface area (Å²) in [6.45, 7) is 3.98. The molecule has 0 spiro atoms. The smallest absolute Gasteiger partial charge is 0.158 e. The molecule has 1 saturated heterocycles. The standard InChI is InChI=1S/C10H18O3/c1-3-6-4-7-5-10(2,8(6)11)13-9(7)12/h6-9,11-12H,3-5H2,1-2H3/t6?,7-,8?,9?,10?/m0/s1. The van der Waals surface area contributed by atoms with E-state index in [1.807, 2.05) is 6.92 Å². The molecule has 2 fully saturated rings. The summed E-state index contributed by atoms with van der Waals surface area (Å²) in [6, 6.07) is 0. The molecule has 1 heterocycles. The predicted molar refractivity (Wildman–Crippen MR) is 48.0 cm³/mol. The van der Waals surface area contributed by atoms with Gasteiger partial charge in [0.05, 0.1) is 11.7 Å². The average Bonchev–Trinajstić information content (AvgIpc) is 2.33. The maximum Gasteiger partial charge on any atom is 0.158 e. The molecule has 2 rings (SSSR count). The van der Waals surface area contributed by atoms with Gasteiger partial charge in [-0.2, -0.15) is 0 Å². The van der Waals surface area contributed by atoms with E-state index in [9.17, 15) is 10.2 Å². The zero-order valence-electron chi connectivity index (χ0n) is 8.23. The van der Waals surface area contributed by atoms with Crippen molar-refractivity contribution < 1.29 is 14.9 Å². The number of aliphatic hydroxyl groups is 2. The van der Waals surface area contributed by atoms with E-state index in [0.717, 1.165) is 19.3 Å². The third-order valence-electron chi connectivity index (χ3n) is 3.66. The van der Waals surface area contributed by atoms with Gasteiger partial charge in [-0.3, -0.25) is 0 Å². The molecule has 3 heteroatoms. The second-order valence-electron chi connectivity index (χ2n) is 4.63. The van der Waals surface area contributed by atoms with Crippen LogP contribution in [0.1, 0.15) is 33.1 Å². The molecule has 1 saturated carbocycles. The Bertz CT molecular complexity index is 202. The van der Waals surface area contributed by atoms with Gasteiger partial charge in [0, 0.05) is 5.92 Å². The summed E-state index contributed by atoms with van der Waals surface area (Å²) in [5, 5.41) is 19.6. The van der Waals surface area contributed by atoms with Crippen molar-refractivity contribution in [2.24, 2.45) is 11.8 Å². The molecular formula is C10H18O3. The molecule has 5 atom stereocenters. The Morgan fingerprint density at radius 2 is 2.15 bits per heavy atom. The van der Waals surface area contributed by atoms with Crippen LogP contribution in [0.15, 0.2) is 0 Å². The van der Waals surface area contributed by atoms with Gasteiger partial charge in [-0.05, 0) is 25.7 Å². The molecule has 0 aromatic heterocycles. The highest BCUT2D eigenvalue weighted by Crippen LogP contribution is 2.47. The van der Waals surface area contributed by atoms with Crippen LogP contribution >= 0.6 is 0 Å². The first-order valence-electron chi connectivity index (χ1n) is 5.11. The lowest BCUT2D eigenvalue weighted by Gasteiger charge is -2.38. The minimum atomic E-state index is -0.656. The average molecular weight is 186 g/mol. The summed E-state index contributed by atoms with van der Waals surface area (Å²) in [4.78, 5) is 0. The molecule has 13 heavy (non-hydrogen) atoms. The van der Waals surface area contributed by atoms with E-state index in [0.29, 0.717) is 5.92 Å². The van der Waals surface area contributed by atoms with Gasteiger partial charge in [-0.1, -0.05) is 13.3 Å². The molecule has 0 aromatic carbocycles. The molecule has 2 bridgehead atoms. The Morgan fingerprint density at radius 1 is 1.46 bits per heavy atom. The minimum absolute atomic E-state index is 0.235. The molecule has 76 valence electrons. The van der Waals surface area contributed by atoms with Gasteiger partial charge in [0.1, 0.15) is 0 Å². The fraction of sp³-hybridized carbons (Fsp3) is 1.00. The van der Waals surface area contributed by atoms with Crippen molar-refractivity contribution in [3.63, 3.8) is 0 Å². The second-order valence-corrected chi connectivity index (χ2v) is 4.63. The number of aliphatic hydroxyl groups excluding tert-OH is 2. The first-order chi connectivity index (χ1) is 6.07. The quantitative estimate of drug-likeness (QED) is 0.639. The highest BCUT2D eigenvalue weighted by Gasteiger charge is 2.53. The van der Waals surface area contributed by atoms with Gasteiger partial charge in [-0.25, -0.2) is 0 Å².